The van der Waals surface area contributed by atoms with Gasteiger partial charge in [0.25, 0.3) is 5.91 Å². The number of benzene rings is 1. The highest BCUT2D eigenvalue weighted by molar-refractivity contribution is 6.33. The average molecular weight is 333 g/mol. The fraction of sp³-hybridized carbons (Fsp3) is 0.353. The van der Waals surface area contributed by atoms with E-state index in [1.807, 2.05) is 39.8 Å². The Morgan fingerprint density at radius 3 is 2.48 bits per heavy atom. The fourth-order valence-electron chi connectivity index (χ4n) is 2.10. The third kappa shape index (κ3) is 4.42. The van der Waals surface area contributed by atoms with Gasteiger partial charge in [0.15, 0.2) is 0 Å². The molecule has 0 fully saturated rings. The van der Waals surface area contributed by atoms with Crippen LogP contribution in [0.25, 0.3) is 0 Å². The summed E-state index contributed by atoms with van der Waals surface area (Å²) in [5, 5.41) is 6.59. The van der Waals surface area contributed by atoms with Gasteiger partial charge in [0.2, 0.25) is 5.95 Å². The van der Waals surface area contributed by atoms with Gasteiger partial charge in [0.1, 0.15) is 0 Å². The zero-order chi connectivity index (χ0) is 17.0. The van der Waals surface area contributed by atoms with Gasteiger partial charge in [-0.3, -0.25) is 4.79 Å². The maximum absolute atomic E-state index is 12.0. The quantitative estimate of drug-likeness (QED) is 0.867. The van der Waals surface area contributed by atoms with Crippen LogP contribution in [0.15, 0.2) is 24.5 Å². The van der Waals surface area contributed by atoms with Gasteiger partial charge in [0.05, 0.1) is 16.3 Å². The summed E-state index contributed by atoms with van der Waals surface area (Å²) in [5.74, 6) is 0.231. The Bertz CT molecular complexity index is 677. The summed E-state index contributed by atoms with van der Waals surface area (Å²) in [5.41, 5.74) is 3.31. The Balaban J connectivity index is 2.13. The molecule has 2 aromatic rings. The Morgan fingerprint density at radius 1 is 1.26 bits per heavy atom. The van der Waals surface area contributed by atoms with Gasteiger partial charge >= 0.3 is 0 Å². The van der Waals surface area contributed by atoms with E-state index in [-0.39, 0.29) is 11.9 Å². The molecule has 1 amide bonds. The Labute approximate surface area is 141 Å². The van der Waals surface area contributed by atoms with Crippen LogP contribution in [0, 0.1) is 13.8 Å². The monoisotopic (exact) mass is 332 g/mol. The van der Waals surface area contributed by atoms with Crippen molar-refractivity contribution >= 4 is 29.1 Å². The van der Waals surface area contributed by atoms with Crippen LogP contribution >= 0.6 is 11.6 Å². The smallest absolute Gasteiger partial charge is 0.254 e. The number of anilines is 2. The maximum atomic E-state index is 12.0. The van der Waals surface area contributed by atoms with Gasteiger partial charge in [-0.05, 0) is 44.4 Å². The summed E-state index contributed by atoms with van der Waals surface area (Å²) in [4.78, 5) is 20.4. The second kappa shape index (κ2) is 7.42. The zero-order valence-electron chi connectivity index (χ0n) is 13.8. The first-order valence-corrected chi connectivity index (χ1v) is 7.95. The molecule has 1 aromatic carbocycles. The second-order valence-electron chi connectivity index (χ2n) is 5.64. The third-order valence-corrected chi connectivity index (χ3v) is 3.87. The number of carbonyl (C=O) groups excluding carboxylic acids is 1. The lowest BCUT2D eigenvalue weighted by Crippen LogP contribution is -2.32. The van der Waals surface area contributed by atoms with Gasteiger partial charge < -0.3 is 10.6 Å². The molecule has 6 heteroatoms. The number of halogens is 1. The Hall–Kier alpha value is -2.14. The molecular formula is C17H21ClN4O. The summed E-state index contributed by atoms with van der Waals surface area (Å²) in [6.07, 6.45) is 3.88. The largest absolute Gasteiger partial charge is 0.350 e. The number of carbonyl (C=O) groups is 1. The topological polar surface area (TPSA) is 66.9 Å². The molecule has 1 unspecified atom stereocenters. The number of aromatic nitrogens is 2. The number of hydrogen-bond acceptors (Lipinski definition) is 4. The van der Waals surface area contributed by atoms with Crippen LogP contribution in [-0.4, -0.2) is 21.9 Å². The normalized spacial score (nSPS) is 11.9. The van der Waals surface area contributed by atoms with Crippen LogP contribution in [0.2, 0.25) is 5.02 Å². The van der Waals surface area contributed by atoms with Gasteiger partial charge in [-0.25, -0.2) is 9.97 Å². The molecule has 2 rings (SSSR count). The van der Waals surface area contributed by atoms with Crippen LogP contribution in [0.3, 0.4) is 0 Å². The summed E-state index contributed by atoms with van der Waals surface area (Å²) >= 11 is 6.26. The minimum Gasteiger partial charge on any atom is -0.350 e. The van der Waals surface area contributed by atoms with Crippen molar-refractivity contribution in [3.05, 3.63) is 46.2 Å². The highest BCUT2D eigenvalue weighted by Crippen LogP contribution is 2.29. The maximum Gasteiger partial charge on any atom is 0.254 e. The average Bonchev–Trinajstić information content (AvgIpc) is 2.51. The molecule has 0 spiro atoms. The summed E-state index contributed by atoms with van der Waals surface area (Å²) < 4.78 is 0. The van der Waals surface area contributed by atoms with Gasteiger partial charge in [-0.15, -0.1) is 0 Å². The SMILES string of the molecule is CCC(C)NC(=O)c1cnc(Nc2c(C)cc(C)cc2Cl)nc1. The van der Waals surface area contributed by atoms with Gasteiger partial charge in [0, 0.05) is 18.4 Å². The molecule has 2 N–H and O–H groups in total. The van der Waals surface area contributed by atoms with Crippen molar-refractivity contribution in [2.45, 2.75) is 40.2 Å². The van der Waals surface area contributed by atoms with E-state index in [0.29, 0.717) is 16.5 Å². The number of nitrogens with one attached hydrogen (secondary N) is 2. The van der Waals surface area contributed by atoms with Crippen LogP contribution in [-0.2, 0) is 0 Å². The van der Waals surface area contributed by atoms with E-state index in [1.165, 1.54) is 12.4 Å². The molecule has 0 saturated heterocycles. The first kappa shape index (κ1) is 17.2. The molecule has 0 aliphatic rings. The van der Waals surface area contributed by atoms with E-state index in [4.69, 9.17) is 11.6 Å². The summed E-state index contributed by atoms with van der Waals surface area (Å²) in [7, 11) is 0. The number of aryl methyl sites for hydroxylation is 2. The van der Waals surface area contributed by atoms with E-state index in [2.05, 4.69) is 20.6 Å². The lowest BCUT2D eigenvalue weighted by molar-refractivity contribution is 0.0938. The van der Waals surface area contributed by atoms with Crippen LogP contribution in [0.1, 0.15) is 41.8 Å². The standard InChI is InChI=1S/C17H21ClN4O/c1-5-12(4)21-16(23)13-8-19-17(20-9-13)22-15-11(3)6-10(2)7-14(15)18/h6-9,12H,5H2,1-4H3,(H,21,23)(H,19,20,22). The molecule has 0 aliphatic heterocycles. The highest BCUT2D eigenvalue weighted by atomic mass is 35.5. The number of hydrogen-bond donors (Lipinski definition) is 2. The number of rotatable bonds is 5. The molecule has 5 nitrogen and oxygen atoms in total. The number of amides is 1. The van der Waals surface area contributed by atoms with Crippen LogP contribution < -0.4 is 10.6 Å². The van der Waals surface area contributed by atoms with E-state index in [1.54, 1.807) is 0 Å². The van der Waals surface area contributed by atoms with Crippen molar-refractivity contribution in [1.82, 2.24) is 15.3 Å². The van der Waals surface area contributed by atoms with Crippen LogP contribution in [0.5, 0.6) is 0 Å². The van der Waals surface area contributed by atoms with Gasteiger partial charge in [-0.2, -0.15) is 0 Å². The lowest BCUT2D eigenvalue weighted by Gasteiger charge is -2.12. The van der Waals surface area contributed by atoms with Crippen molar-refractivity contribution in [3.63, 3.8) is 0 Å². The van der Waals surface area contributed by atoms with Gasteiger partial charge in [-0.1, -0.05) is 24.6 Å². The molecule has 122 valence electrons. The van der Waals surface area contributed by atoms with Crippen molar-refractivity contribution in [3.8, 4) is 0 Å². The van der Waals surface area contributed by atoms with Crippen molar-refractivity contribution in [1.29, 1.82) is 0 Å². The Kier molecular flexibility index (Phi) is 5.55. The first-order valence-electron chi connectivity index (χ1n) is 7.57. The lowest BCUT2D eigenvalue weighted by atomic mass is 10.1. The van der Waals surface area contributed by atoms with Crippen molar-refractivity contribution < 1.29 is 4.79 Å². The summed E-state index contributed by atoms with van der Waals surface area (Å²) in [6.45, 7) is 7.93. The molecule has 1 aromatic heterocycles. The summed E-state index contributed by atoms with van der Waals surface area (Å²) in [6, 6.07) is 4.03. The van der Waals surface area contributed by atoms with Crippen molar-refractivity contribution in [2.75, 3.05) is 5.32 Å². The van der Waals surface area contributed by atoms with Crippen LogP contribution in [0.4, 0.5) is 11.6 Å². The predicted molar refractivity (Wildman–Crippen MR) is 93.5 cm³/mol. The minimum atomic E-state index is -0.171. The van der Waals surface area contributed by atoms with E-state index >= 15 is 0 Å². The molecule has 0 aliphatic carbocycles. The first-order chi connectivity index (χ1) is 10.9. The molecular weight excluding hydrogens is 312 g/mol. The molecule has 0 saturated carbocycles. The molecule has 23 heavy (non-hydrogen) atoms. The van der Waals surface area contributed by atoms with E-state index < -0.39 is 0 Å². The molecule has 0 radical (unpaired) electrons. The van der Waals surface area contributed by atoms with E-state index in [9.17, 15) is 4.79 Å². The minimum absolute atomic E-state index is 0.120. The third-order valence-electron chi connectivity index (χ3n) is 3.57. The molecule has 1 heterocycles. The van der Waals surface area contributed by atoms with Crippen molar-refractivity contribution in [2.24, 2.45) is 0 Å². The number of nitrogens with zero attached hydrogens (tertiary/aromatic N) is 2. The zero-order valence-corrected chi connectivity index (χ0v) is 14.5. The predicted octanol–water partition coefficient (Wildman–Crippen LogP) is 4.02. The highest BCUT2D eigenvalue weighted by Gasteiger charge is 2.11. The Morgan fingerprint density at radius 2 is 1.91 bits per heavy atom. The fourth-order valence-corrected chi connectivity index (χ4v) is 2.47. The molecule has 0 bridgehead atoms. The second-order valence-corrected chi connectivity index (χ2v) is 6.05. The van der Waals surface area contributed by atoms with E-state index in [0.717, 1.165) is 23.2 Å². The molecule has 1 atom stereocenters.